The largest absolute Gasteiger partial charge is 0.492 e. The molecule has 6 heteroatoms. The highest BCUT2D eigenvalue weighted by Gasteiger charge is 2.08. The molecule has 0 aliphatic rings. The minimum Gasteiger partial charge on any atom is -0.492 e. The molecule has 1 amide bonds. The predicted molar refractivity (Wildman–Crippen MR) is 75.7 cm³/mol. The highest BCUT2D eigenvalue weighted by Crippen LogP contribution is 2.12. The van der Waals surface area contributed by atoms with Gasteiger partial charge in [-0.05, 0) is 36.4 Å². The Morgan fingerprint density at radius 2 is 2.00 bits per heavy atom. The van der Waals surface area contributed by atoms with Crippen LogP contribution in [0, 0.1) is 0 Å². The summed E-state index contributed by atoms with van der Waals surface area (Å²) in [6.45, 7) is 0.609. The van der Waals surface area contributed by atoms with Crippen molar-refractivity contribution in [3.05, 3.63) is 58.5 Å². The molecule has 0 aliphatic carbocycles. The number of hydrogen-bond donors (Lipinski definition) is 3. The summed E-state index contributed by atoms with van der Waals surface area (Å²) in [5.74, 6) is 0.249. The molecular formula is C14H15N3O3. The van der Waals surface area contributed by atoms with Gasteiger partial charge in [0.05, 0.1) is 6.54 Å². The third-order valence-corrected chi connectivity index (χ3v) is 2.60. The van der Waals surface area contributed by atoms with Gasteiger partial charge < -0.3 is 20.8 Å². The lowest BCUT2D eigenvalue weighted by Crippen LogP contribution is -2.32. The zero-order valence-corrected chi connectivity index (χ0v) is 10.8. The number of H-pyrrole nitrogens is 1. The summed E-state index contributed by atoms with van der Waals surface area (Å²) in [6.07, 6.45) is 1.48. The molecule has 1 aromatic heterocycles. The molecule has 1 aromatic carbocycles. The minimum absolute atomic E-state index is 0.0833. The first-order valence-electron chi connectivity index (χ1n) is 6.11. The van der Waals surface area contributed by atoms with Gasteiger partial charge in [-0.15, -0.1) is 0 Å². The fourth-order valence-corrected chi connectivity index (χ4v) is 1.59. The number of aromatic nitrogens is 1. The van der Waals surface area contributed by atoms with Crippen molar-refractivity contribution in [2.24, 2.45) is 0 Å². The molecular weight excluding hydrogens is 258 g/mol. The van der Waals surface area contributed by atoms with Gasteiger partial charge in [-0.1, -0.05) is 0 Å². The second kappa shape index (κ2) is 6.42. The van der Waals surface area contributed by atoms with E-state index in [1.807, 2.05) is 0 Å². The molecule has 6 nitrogen and oxygen atoms in total. The van der Waals surface area contributed by atoms with Crippen LogP contribution in [0.5, 0.6) is 5.75 Å². The van der Waals surface area contributed by atoms with Crippen molar-refractivity contribution < 1.29 is 9.53 Å². The van der Waals surface area contributed by atoms with E-state index in [0.717, 1.165) is 0 Å². The number of ether oxygens (including phenoxy) is 1. The molecule has 4 N–H and O–H groups in total. The maximum absolute atomic E-state index is 11.7. The summed E-state index contributed by atoms with van der Waals surface area (Å²) < 4.78 is 5.42. The van der Waals surface area contributed by atoms with E-state index in [0.29, 0.717) is 24.6 Å². The maximum Gasteiger partial charge on any atom is 0.260 e. The molecule has 0 saturated carbocycles. The number of amides is 1. The van der Waals surface area contributed by atoms with Gasteiger partial charge in [-0.3, -0.25) is 9.59 Å². The van der Waals surface area contributed by atoms with Gasteiger partial charge in [-0.2, -0.15) is 0 Å². The molecule has 0 atom stereocenters. The Labute approximate surface area is 115 Å². The van der Waals surface area contributed by atoms with Gasteiger partial charge in [0.2, 0.25) is 0 Å². The van der Waals surface area contributed by atoms with Crippen molar-refractivity contribution in [1.29, 1.82) is 0 Å². The van der Waals surface area contributed by atoms with E-state index in [-0.39, 0.29) is 5.56 Å². The number of nitrogen functional groups attached to an aromatic ring is 1. The Morgan fingerprint density at radius 1 is 1.25 bits per heavy atom. The quantitative estimate of drug-likeness (QED) is 0.553. The van der Waals surface area contributed by atoms with E-state index in [4.69, 9.17) is 10.5 Å². The molecule has 104 valence electrons. The molecule has 0 spiro atoms. The third-order valence-electron chi connectivity index (χ3n) is 2.60. The van der Waals surface area contributed by atoms with E-state index in [1.165, 1.54) is 12.3 Å². The van der Waals surface area contributed by atoms with Gasteiger partial charge >= 0.3 is 0 Å². The lowest BCUT2D eigenvalue weighted by Gasteiger charge is -2.07. The summed E-state index contributed by atoms with van der Waals surface area (Å²) in [5.41, 5.74) is 5.89. The molecule has 20 heavy (non-hydrogen) atoms. The van der Waals surface area contributed by atoms with Crippen LogP contribution >= 0.6 is 0 Å². The van der Waals surface area contributed by atoms with E-state index < -0.39 is 11.5 Å². The summed E-state index contributed by atoms with van der Waals surface area (Å²) in [4.78, 5) is 25.5. The van der Waals surface area contributed by atoms with Gasteiger partial charge in [0, 0.05) is 11.9 Å². The molecule has 1 heterocycles. The van der Waals surface area contributed by atoms with Crippen molar-refractivity contribution in [1.82, 2.24) is 10.3 Å². The summed E-state index contributed by atoms with van der Waals surface area (Å²) in [7, 11) is 0. The number of anilines is 1. The number of rotatable bonds is 5. The Bertz CT molecular complexity index is 635. The number of benzene rings is 1. The van der Waals surface area contributed by atoms with Crippen molar-refractivity contribution in [3.63, 3.8) is 0 Å². The molecule has 0 bridgehead atoms. The lowest BCUT2D eigenvalue weighted by molar-refractivity contribution is 0.0945. The first-order chi connectivity index (χ1) is 9.66. The van der Waals surface area contributed by atoms with Crippen molar-refractivity contribution in [2.75, 3.05) is 18.9 Å². The normalized spacial score (nSPS) is 10.0. The first kappa shape index (κ1) is 13.7. The van der Waals surface area contributed by atoms with Gasteiger partial charge in [0.25, 0.3) is 11.5 Å². The Hall–Kier alpha value is -2.76. The van der Waals surface area contributed by atoms with E-state index in [1.54, 1.807) is 30.3 Å². The average molecular weight is 273 g/mol. The first-order valence-corrected chi connectivity index (χ1v) is 6.11. The van der Waals surface area contributed by atoms with Crippen LogP contribution < -0.4 is 21.3 Å². The lowest BCUT2D eigenvalue weighted by atomic mass is 10.2. The second-order valence-corrected chi connectivity index (χ2v) is 4.09. The highest BCUT2D eigenvalue weighted by atomic mass is 16.5. The van der Waals surface area contributed by atoms with Crippen molar-refractivity contribution in [3.8, 4) is 5.75 Å². The number of carbonyl (C=O) groups excluding carboxylic acids is 1. The van der Waals surface area contributed by atoms with E-state index >= 15 is 0 Å². The van der Waals surface area contributed by atoms with Crippen LogP contribution in [0.15, 0.2) is 47.4 Å². The van der Waals surface area contributed by atoms with E-state index in [2.05, 4.69) is 10.3 Å². The van der Waals surface area contributed by atoms with Crippen LogP contribution in [-0.4, -0.2) is 24.0 Å². The van der Waals surface area contributed by atoms with Crippen LogP contribution in [0.4, 0.5) is 5.69 Å². The maximum atomic E-state index is 11.7. The summed E-state index contributed by atoms with van der Waals surface area (Å²) in [5, 5.41) is 2.61. The van der Waals surface area contributed by atoms with Gasteiger partial charge in [-0.25, -0.2) is 0 Å². The number of hydrogen-bond acceptors (Lipinski definition) is 4. The second-order valence-electron chi connectivity index (χ2n) is 4.09. The van der Waals surface area contributed by atoms with E-state index in [9.17, 15) is 9.59 Å². The SMILES string of the molecule is Nc1ccc(OCCNC(=O)c2ccc[nH]c2=O)cc1. The predicted octanol–water partition coefficient (Wildman–Crippen LogP) is 0.766. The topological polar surface area (TPSA) is 97.2 Å². The van der Waals surface area contributed by atoms with Gasteiger partial charge in [0.1, 0.15) is 17.9 Å². The zero-order chi connectivity index (χ0) is 14.4. The number of carbonyl (C=O) groups is 1. The Kier molecular flexibility index (Phi) is 4.39. The van der Waals surface area contributed by atoms with Crippen LogP contribution in [0.2, 0.25) is 0 Å². The number of nitrogens with one attached hydrogen (secondary N) is 2. The fourth-order valence-electron chi connectivity index (χ4n) is 1.59. The molecule has 0 aliphatic heterocycles. The molecule has 0 saturated heterocycles. The standard InChI is InChI=1S/C14H15N3O3/c15-10-3-5-11(6-4-10)20-9-8-17-14(19)12-2-1-7-16-13(12)18/h1-7H,8-9,15H2,(H,16,18)(H,17,19). The zero-order valence-electron chi connectivity index (χ0n) is 10.8. The average Bonchev–Trinajstić information content (AvgIpc) is 2.46. The smallest absolute Gasteiger partial charge is 0.260 e. The van der Waals surface area contributed by atoms with Crippen LogP contribution in [0.1, 0.15) is 10.4 Å². The van der Waals surface area contributed by atoms with Crippen LogP contribution in [0.3, 0.4) is 0 Å². The third kappa shape index (κ3) is 3.61. The molecule has 0 radical (unpaired) electrons. The Morgan fingerprint density at radius 3 is 2.70 bits per heavy atom. The van der Waals surface area contributed by atoms with Crippen LogP contribution in [-0.2, 0) is 0 Å². The number of pyridine rings is 1. The highest BCUT2D eigenvalue weighted by molar-refractivity contribution is 5.93. The number of aromatic amines is 1. The number of nitrogens with two attached hydrogens (primary N) is 1. The monoisotopic (exact) mass is 273 g/mol. The Balaban J connectivity index is 1.79. The van der Waals surface area contributed by atoms with Crippen molar-refractivity contribution >= 4 is 11.6 Å². The fraction of sp³-hybridized carbons (Fsp3) is 0.143. The molecule has 0 unspecified atom stereocenters. The molecule has 0 fully saturated rings. The molecule has 2 rings (SSSR count). The minimum atomic E-state index is -0.423. The van der Waals surface area contributed by atoms with Crippen LogP contribution in [0.25, 0.3) is 0 Å². The van der Waals surface area contributed by atoms with Crippen molar-refractivity contribution in [2.45, 2.75) is 0 Å². The van der Waals surface area contributed by atoms with Gasteiger partial charge in [0.15, 0.2) is 0 Å². The molecule has 2 aromatic rings. The summed E-state index contributed by atoms with van der Waals surface area (Å²) in [6, 6.07) is 10.0. The summed E-state index contributed by atoms with van der Waals surface area (Å²) >= 11 is 0.